The molecule has 2 atom stereocenters. The molecule has 0 radical (unpaired) electrons. The molecule has 6 heteroatoms. The first-order valence-corrected chi connectivity index (χ1v) is 6.95. The summed E-state index contributed by atoms with van der Waals surface area (Å²) < 4.78 is 4.99. The van der Waals surface area contributed by atoms with Crippen molar-refractivity contribution in [2.24, 2.45) is 0 Å². The normalized spacial score (nSPS) is 13.9. The second-order valence-electron chi connectivity index (χ2n) is 4.17. The van der Waals surface area contributed by atoms with E-state index in [1.54, 1.807) is 19.1 Å². The van der Waals surface area contributed by atoms with Crippen molar-refractivity contribution < 1.29 is 19.7 Å². The van der Waals surface area contributed by atoms with Gasteiger partial charge >= 0.3 is 0 Å². The first-order chi connectivity index (χ1) is 8.95. The van der Waals surface area contributed by atoms with E-state index in [1.807, 2.05) is 0 Å². The lowest BCUT2D eigenvalue weighted by atomic mass is 10.0. The monoisotopic (exact) mass is 285 g/mol. The molecule has 0 saturated heterocycles. The maximum atomic E-state index is 10.8. The molecule has 0 bridgehead atoms. The van der Waals surface area contributed by atoms with Gasteiger partial charge in [-0.2, -0.15) is 0 Å². The average molecular weight is 285 g/mol. The number of nitrogens with zero attached hydrogens (tertiary/aromatic N) is 1. The van der Waals surface area contributed by atoms with Crippen LogP contribution in [0.5, 0.6) is 5.88 Å². The topological polar surface area (TPSA) is 79.6 Å². The fourth-order valence-corrected chi connectivity index (χ4v) is 2.31. The SMILES string of the molecule is COc1ccc(C(O)C(O)CCSC(C)=O)c(C)n1. The molecule has 19 heavy (non-hydrogen) atoms. The summed E-state index contributed by atoms with van der Waals surface area (Å²) >= 11 is 1.14. The molecule has 106 valence electrons. The van der Waals surface area contributed by atoms with Gasteiger partial charge in [-0.3, -0.25) is 4.79 Å². The zero-order valence-electron chi connectivity index (χ0n) is 11.3. The number of aryl methyl sites for hydroxylation is 1. The van der Waals surface area contributed by atoms with Gasteiger partial charge in [0.1, 0.15) is 6.10 Å². The predicted molar refractivity (Wildman–Crippen MR) is 74.2 cm³/mol. The molecule has 0 amide bonds. The van der Waals surface area contributed by atoms with Crippen LogP contribution in [0.2, 0.25) is 0 Å². The highest BCUT2D eigenvalue weighted by molar-refractivity contribution is 8.13. The van der Waals surface area contributed by atoms with Crippen LogP contribution in [0.4, 0.5) is 0 Å². The molecule has 1 aromatic rings. The zero-order valence-corrected chi connectivity index (χ0v) is 12.1. The molecule has 0 saturated carbocycles. The highest BCUT2D eigenvalue weighted by Crippen LogP contribution is 2.24. The molecule has 1 aromatic heterocycles. The van der Waals surface area contributed by atoms with E-state index < -0.39 is 12.2 Å². The van der Waals surface area contributed by atoms with Crippen LogP contribution in [0.15, 0.2) is 12.1 Å². The number of ether oxygens (including phenoxy) is 1. The number of hydrogen-bond acceptors (Lipinski definition) is 6. The Bertz CT molecular complexity index is 439. The summed E-state index contributed by atoms with van der Waals surface area (Å²) in [6.07, 6.45) is -1.58. The molecule has 1 heterocycles. The number of thioether (sulfide) groups is 1. The lowest BCUT2D eigenvalue weighted by molar-refractivity contribution is -0.109. The quantitative estimate of drug-likeness (QED) is 0.824. The van der Waals surface area contributed by atoms with Crippen LogP contribution in [-0.2, 0) is 4.79 Å². The minimum absolute atomic E-state index is 0.00369. The van der Waals surface area contributed by atoms with Gasteiger partial charge in [-0.1, -0.05) is 11.8 Å². The minimum Gasteiger partial charge on any atom is -0.481 e. The third kappa shape index (κ3) is 4.81. The molecule has 0 aliphatic carbocycles. The molecule has 0 aliphatic heterocycles. The van der Waals surface area contributed by atoms with Gasteiger partial charge in [0.15, 0.2) is 5.12 Å². The smallest absolute Gasteiger partial charge is 0.213 e. The van der Waals surface area contributed by atoms with Crippen LogP contribution in [0.1, 0.15) is 30.7 Å². The molecular weight excluding hydrogens is 266 g/mol. The maximum Gasteiger partial charge on any atom is 0.213 e. The second-order valence-corrected chi connectivity index (χ2v) is 5.44. The predicted octanol–water partition coefficient (Wildman–Crippen LogP) is 1.46. The van der Waals surface area contributed by atoms with Gasteiger partial charge < -0.3 is 14.9 Å². The van der Waals surface area contributed by atoms with Crippen molar-refractivity contribution in [1.29, 1.82) is 0 Å². The van der Waals surface area contributed by atoms with Crippen molar-refractivity contribution in [3.63, 3.8) is 0 Å². The lowest BCUT2D eigenvalue weighted by Gasteiger charge is -2.19. The summed E-state index contributed by atoms with van der Waals surface area (Å²) in [4.78, 5) is 14.9. The zero-order chi connectivity index (χ0) is 14.4. The Morgan fingerprint density at radius 3 is 2.68 bits per heavy atom. The molecular formula is C13H19NO4S. The van der Waals surface area contributed by atoms with E-state index in [1.165, 1.54) is 14.0 Å². The molecule has 2 unspecified atom stereocenters. The Kier molecular flexibility index (Phi) is 6.27. The number of carbonyl (C=O) groups is 1. The van der Waals surface area contributed by atoms with Crippen LogP contribution < -0.4 is 4.74 Å². The van der Waals surface area contributed by atoms with Gasteiger partial charge in [-0.05, 0) is 19.4 Å². The first-order valence-electron chi connectivity index (χ1n) is 5.96. The minimum atomic E-state index is -1.01. The highest BCUT2D eigenvalue weighted by atomic mass is 32.2. The largest absolute Gasteiger partial charge is 0.481 e. The molecule has 0 fully saturated rings. The van der Waals surface area contributed by atoms with Crippen molar-refractivity contribution >= 4 is 16.9 Å². The van der Waals surface area contributed by atoms with E-state index in [-0.39, 0.29) is 5.12 Å². The lowest BCUT2D eigenvalue weighted by Crippen LogP contribution is -2.20. The Morgan fingerprint density at radius 1 is 1.47 bits per heavy atom. The van der Waals surface area contributed by atoms with E-state index in [2.05, 4.69) is 4.98 Å². The number of rotatable bonds is 6. The summed E-state index contributed by atoms with van der Waals surface area (Å²) in [5.41, 5.74) is 1.19. The van der Waals surface area contributed by atoms with E-state index >= 15 is 0 Å². The van der Waals surface area contributed by atoms with Crippen LogP contribution in [0.25, 0.3) is 0 Å². The number of pyridine rings is 1. The molecule has 0 aromatic carbocycles. The molecule has 0 spiro atoms. The van der Waals surface area contributed by atoms with E-state index in [0.717, 1.165) is 11.8 Å². The molecule has 5 nitrogen and oxygen atoms in total. The van der Waals surface area contributed by atoms with Gasteiger partial charge in [-0.15, -0.1) is 0 Å². The van der Waals surface area contributed by atoms with Crippen molar-refractivity contribution in [2.75, 3.05) is 12.9 Å². The Morgan fingerprint density at radius 2 is 2.16 bits per heavy atom. The van der Waals surface area contributed by atoms with Gasteiger partial charge in [0.2, 0.25) is 5.88 Å². The van der Waals surface area contributed by atoms with Crippen LogP contribution in [0.3, 0.4) is 0 Å². The second kappa shape index (κ2) is 7.47. The van der Waals surface area contributed by atoms with Gasteiger partial charge in [0, 0.05) is 30.0 Å². The summed E-state index contributed by atoms with van der Waals surface area (Å²) in [5.74, 6) is 0.950. The molecule has 0 aliphatic rings. The number of carbonyl (C=O) groups excluding carboxylic acids is 1. The van der Waals surface area contributed by atoms with Crippen molar-refractivity contribution in [1.82, 2.24) is 4.98 Å². The van der Waals surface area contributed by atoms with Crippen molar-refractivity contribution in [2.45, 2.75) is 32.5 Å². The number of aliphatic hydroxyl groups excluding tert-OH is 2. The third-order valence-electron chi connectivity index (χ3n) is 2.71. The van der Waals surface area contributed by atoms with Crippen molar-refractivity contribution in [3.8, 4) is 5.88 Å². The first kappa shape index (κ1) is 15.9. The highest BCUT2D eigenvalue weighted by Gasteiger charge is 2.21. The Balaban J connectivity index is 2.65. The van der Waals surface area contributed by atoms with Crippen molar-refractivity contribution in [3.05, 3.63) is 23.4 Å². The van der Waals surface area contributed by atoms with Crippen LogP contribution >= 0.6 is 11.8 Å². The standard InChI is InChI=1S/C13H19NO4S/c1-8-10(4-5-12(14-8)18-3)13(17)11(16)6-7-19-9(2)15/h4-5,11,13,16-17H,6-7H2,1-3H3. The Hall–Kier alpha value is -1.11. The maximum absolute atomic E-state index is 10.8. The summed E-state index contributed by atoms with van der Waals surface area (Å²) in [6, 6.07) is 3.33. The third-order valence-corrected chi connectivity index (χ3v) is 3.56. The fourth-order valence-electron chi connectivity index (χ4n) is 1.66. The Labute approximate surface area is 117 Å². The van der Waals surface area contributed by atoms with Crippen LogP contribution in [0, 0.1) is 6.92 Å². The number of methoxy groups -OCH3 is 1. The summed E-state index contributed by atoms with van der Waals surface area (Å²) in [5, 5.41) is 20.0. The van der Waals surface area contributed by atoms with E-state index in [4.69, 9.17) is 4.74 Å². The van der Waals surface area contributed by atoms with Gasteiger partial charge in [0.05, 0.1) is 13.2 Å². The fraction of sp³-hybridized carbons (Fsp3) is 0.538. The molecule has 1 rings (SSSR count). The molecule has 2 N–H and O–H groups in total. The van der Waals surface area contributed by atoms with E-state index in [9.17, 15) is 15.0 Å². The van der Waals surface area contributed by atoms with Gasteiger partial charge in [-0.25, -0.2) is 4.98 Å². The van der Waals surface area contributed by atoms with Gasteiger partial charge in [0.25, 0.3) is 0 Å². The summed E-state index contributed by atoms with van der Waals surface area (Å²) in [6.45, 7) is 3.23. The number of aliphatic hydroxyl groups is 2. The average Bonchev–Trinajstić information content (AvgIpc) is 2.37. The van der Waals surface area contributed by atoms with E-state index in [0.29, 0.717) is 29.3 Å². The summed E-state index contributed by atoms with van der Waals surface area (Å²) in [7, 11) is 1.52. The number of hydrogen-bond donors (Lipinski definition) is 2. The number of aromatic nitrogens is 1. The van der Waals surface area contributed by atoms with Crippen LogP contribution in [-0.4, -0.2) is 39.3 Å².